The Labute approximate surface area is 91.1 Å². The maximum atomic E-state index is 8.81. The van der Waals surface area contributed by atoms with Crippen LogP contribution in [0.4, 0.5) is 0 Å². The molecule has 2 nitrogen and oxygen atoms in total. The van der Waals surface area contributed by atoms with Crippen LogP contribution in [-0.4, -0.2) is 17.5 Å². The molecule has 0 saturated carbocycles. The molecule has 1 atom stereocenters. The standard InChI is InChI=1S/C13H16N2/c1-11-4-3-7-15(11)10-13-6-2-5-12(8-13)9-14/h2,5-6,8,11H,3-4,7,10H2,1H3. The second kappa shape index (κ2) is 4.46. The zero-order valence-electron chi connectivity index (χ0n) is 9.11. The fourth-order valence-corrected chi connectivity index (χ4v) is 2.20. The van der Waals surface area contributed by atoms with Crippen molar-refractivity contribution in [2.24, 2.45) is 0 Å². The minimum atomic E-state index is 0.691. The van der Waals surface area contributed by atoms with Crippen LogP contribution in [0.5, 0.6) is 0 Å². The van der Waals surface area contributed by atoms with E-state index in [4.69, 9.17) is 5.26 Å². The molecule has 2 rings (SSSR count). The van der Waals surface area contributed by atoms with Crippen LogP contribution in [-0.2, 0) is 6.54 Å². The highest BCUT2D eigenvalue weighted by Crippen LogP contribution is 2.19. The van der Waals surface area contributed by atoms with Gasteiger partial charge in [-0.05, 0) is 44.0 Å². The largest absolute Gasteiger partial charge is 0.296 e. The van der Waals surface area contributed by atoms with Gasteiger partial charge in [0.05, 0.1) is 11.6 Å². The Morgan fingerprint density at radius 1 is 1.53 bits per heavy atom. The highest BCUT2D eigenvalue weighted by atomic mass is 15.2. The van der Waals surface area contributed by atoms with E-state index in [2.05, 4.69) is 24.0 Å². The lowest BCUT2D eigenvalue weighted by Crippen LogP contribution is -2.26. The molecule has 1 saturated heterocycles. The molecule has 1 aliphatic rings. The highest BCUT2D eigenvalue weighted by Gasteiger charge is 2.19. The number of hydrogen-bond donors (Lipinski definition) is 0. The van der Waals surface area contributed by atoms with E-state index in [1.165, 1.54) is 24.9 Å². The first kappa shape index (κ1) is 10.2. The Morgan fingerprint density at radius 3 is 3.07 bits per heavy atom. The van der Waals surface area contributed by atoms with Gasteiger partial charge in [0, 0.05) is 12.6 Å². The predicted molar refractivity (Wildman–Crippen MR) is 60.3 cm³/mol. The van der Waals surface area contributed by atoms with Crippen molar-refractivity contribution in [1.82, 2.24) is 4.90 Å². The van der Waals surface area contributed by atoms with E-state index in [0.29, 0.717) is 6.04 Å². The summed E-state index contributed by atoms with van der Waals surface area (Å²) in [6.07, 6.45) is 2.61. The van der Waals surface area contributed by atoms with Gasteiger partial charge in [-0.15, -0.1) is 0 Å². The third-order valence-electron chi connectivity index (χ3n) is 3.13. The third-order valence-corrected chi connectivity index (χ3v) is 3.13. The van der Waals surface area contributed by atoms with Crippen LogP contribution >= 0.6 is 0 Å². The van der Waals surface area contributed by atoms with E-state index in [1.807, 2.05) is 18.2 Å². The fourth-order valence-electron chi connectivity index (χ4n) is 2.20. The first-order chi connectivity index (χ1) is 7.29. The molecule has 1 aromatic carbocycles. The third kappa shape index (κ3) is 2.37. The van der Waals surface area contributed by atoms with E-state index in [0.717, 1.165) is 12.1 Å². The number of benzene rings is 1. The molecule has 1 unspecified atom stereocenters. The Balaban J connectivity index is 2.07. The lowest BCUT2D eigenvalue weighted by molar-refractivity contribution is 0.260. The first-order valence-electron chi connectivity index (χ1n) is 5.52. The average molecular weight is 200 g/mol. The molecule has 0 spiro atoms. The van der Waals surface area contributed by atoms with Crippen molar-refractivity contribution in [3.63, 3.8) is 0 Å². The van der Waals surface area contributed by atoms with Crippen molar-refractivity contribution < 1.29 is 0 Å². The zero-order chi connectivity index (χ0) is 10.7. The topological polar surface area (TPSA) is 27.0 Å². The molecule has 0 radical (unpaired) electrons. The summed E-state index contributed by atoms with van der Waals surface area (Å²) < 4.78 is 0. The molecule has 2 heteroatoms. The first-order valence-corrected chi connectivity index (χ1v) is 5.52. The second-order valence-electron chi connectivity index (χ2n) is 4.27. The maximum Gasteiger partial charge on any atom is 0.0991 e. The van der Waals surface area contributed by atoms with E-state index in [1.54, 1.807) is 0 Å². The molecular weight excluding hydrogens is 184 g/mol. The number of likely N-dealkylation sites (tertiary alicyclic amines) is 1. The van der Waals surface area contributed by atoms with E-state index in [-0.39, 0.29) is 0 Å². The smallest absolute Gasteiger partial charge is 0.0991 e. The SMILES string of the molecule is CC1CCCN1Cc1cccc(C#N)c1. The summed E-state index contributed by atoms with van der Waals surface area (Å²) >= 11 is 0. The van der Waals surface area contributed by atoms with Gasteiger partial charge in [0.1, 0.15) is 0 Å². The number of nitrogens with zero attached hydrogens (tertiary/aromatic N) is 2. The van der Waals surface area contributed by atoms with Crippen LogP contribution in [0, 0.1) is 11.3 Å². The van der Waals surface area contributed by atoms with Gasteiger partial charge in [0.25, 0.3) is 0 Å². The predicted octanol–water partition coefficient (Wildman–Crippen LogP) is 2.54. The van der Waals surface area contributed by atoms with Gasteiger partial charge in [-0.2, -0.15) is 5.26 Å². The molecule has 0 aliphatic carbocycles. The Hall–Kier alpha value is -1.33. The molecule has 1 aromatic rings. The molecule has 0 aromatic heterocycles. The Bertz CT molecular complexity index is 378. The van der Waals surface area contributed by atoms with Crippen LogP contribution in [0.3, 0.4) is 0 Å². The average Bonchev–Trinajstić information content (AvgIpc) is 2.65. The summed E-state index contributed by atoms with van der Waals surface area (Å²) in [4.78, 5) is 2.48. The van der Waals surface area contributed by atoms with Gasteiger partial charge < -0.3 is 0 Å². The number of nitriles is 1. The molecule has 78 valence electrons. The van der Waals surface area contributed by atoms with E-state index < -0.39 is 0 Å². The second-order valence-corrected chi connectivity index (χ2v) is 4.27. The number of hydrogen-bond acceptors (Lipinski definition) is 2. The lowest BCUT2D eigenvalue weighted by atomic mass is 10.1. The van der Waals surface area contributed by atoms with Crippen LogP contribution in [0.1, 0.15) is 30.9 Å². The van der Waals surface area contributed by atoms with Crippen LogP contribution < -0.4 is 0 Å². The quantitative estimate of drug-likeness (QED) is 0.733. The minimum Gasteiger partial charge on any atom is -0.296 e. The zero-order valence-corrected chi connectivity index (χ0v) is 9.11. The minimum absolute atomic E-state index is 0.691. The van der Waals surface area contributed by atoms with Gasteiger partial charge >= 0.3 is 0 Å². The van der Waals surface area contributed by atoms with Crippen LogP contribution in [0.15, 0.2) is 24.3 Å². The molecule has 0 bridgehead atoms. The Morgan fingerprint density at radius 2 is 2.40 bits per heavy atom. The molecule has 1 fully saturated rings. The lowest BCUT2D eigenvalue weighted by Gasteiger charge is -2.20. The van der Waals surface area contributed by atoms with Crippen molar-refractivity contribution in [1.29, 1.82) is 5.26 Å². The maximum absolute atomic E-state index is 8.81. The summed E-state index contributed by atoms with van der Waals surface area (Å²) in [6, 6.07) is 10.8. The van der Waals surface area contributed by atoms with Crippen molar-refractivity contribution in [2.75, 3.05) is 6.54 Å². The molecule has 0 amide bonds. The summed E-state index contributed by atoms with van der Waals surface area (Å²) in [5, 5.41) is 8.81. The molecule has 1 heterocycles. The van der Waals surface area contributed by atoms with Gasteiger partial charge in [-0.3, -0.25) is 4.90 Å². The summed E-state index contributed by atoms with van der Waals surface area (Å²) in [5.74, 6) is 0. The van der Waals surface area contributed by atoms with Crippen molar-refractivity contribution in [3.05, 3.63) is 35.4 Å². The molecule has 15 heavy (non-hydrogen) atoms. The monoisotopic (exact) mass is 200 g/mol. The van der Waals surface area contributed by atoms with Crippen molar-refractivity contribution >= 4 is 0 Å². The van der Waals surface area contributed by atoms with Gasteiger partial charge in [0.2, 0.25) is 0 Å². The van der Waals surface area contributed by atoms with E-state index in [9.17, 15) is 0 Å². The van der Waals surface area contributed by atoms with E-state index >= 15 is 0 Å². The van der Waals surface area contributed by atoms with Crippen LogP contribution in [0.25, 0.3) is 0 Å². The van der Waals surface area contributed by atoms with Gasteiger partial charge in [-0.25, -0.2) is 0 Å². The van der Waals surface area contributed by atoms with Crippen LogP contribution in [0.2, 0.25) is 0 Å². The molecule has 0 N–H and O–H groups in total. The molecular formula is C13H16N2. The normalized spacial score (nSPS) is 21.5. The summed E-state index contributed by atoms with van der Waals surface area (Å²) in [7, 11) is 0. The fraction of sp³-hybridized carbons (Fsp3) is 0.462. The number of rotatable bonds is 2. The van der Waals surface area contributed by atoms with Crippen molar-refractivity contribution in [3.8, 4) is 6.07 Å². The van der Waals surface area contributed by atoms with Gasteiger partial charge in [-0.1, -0.05) is 12.1 Å². The Kier molecular flexibility index (Phi) is 3.03. The summed E-state index contributed by atoms with van der Waals surface area (Å²) in [5.41, 5.74) is 2.02. The van der Waals surface area contributed by atoms with Crippen molar-refractivity contribution in [2.45, 2.75) is 32.4 Å². The van der Waals surface area contributed by atoms with Gasteiger partial charge in [0.15, 0.2) is 0 Å². The highest BCUT2D eigenvalue weighted by molar-refractivity contribution is 5.32. The summed E-state index contributed by atoms with van der Waals surface area (Å²) in [6.45, 7) is 4.45. The molecule has 1 aliphatic heterocycles.